The average Bonchev–Trinajstić information content (AvgIpc) is 2.31. The van der Waals surface area contributed by atoms with Crippen molar-refractivity contribution < 1.29 is 9.84 Å². The van der Waals surface area contributed by atoms with Crippen molar-refractivity contribution in [3.63, 3.8) is 0 Å². The fraction of sp³-hybridized carbons (Fsp3) is 1.00. The standard InChI is InChI=1S/C13H29NO2/c1-4-6-10-16-11-7-8-13(3,12-15)14-9-5-2/h14-15H,4-12H2,1-3H3. The van der Waals surface area contributed by atoms with Crippen molar-refractivity contribution in [2.24, 2.45) is 0 Å². The summed E-state index contributed by atoms with van der Waals surface area (Å²) in [6.07, 6.45) is 5.41. The van der Waals surface area contributed by atoms with Crippen LogP contribution >= 0.6 is 0 Å². The number of unbranched alkanes of at least 4 members (excludes halogenated alkanes) is 1. The normalized spacial score (nSPS) is 15.0. The largest absolute Gasteiger partial charge is 0.394 e. The van der Waals surface area contributed by atoms with Crippen LogP contribution in [0.1, 0.15) is 52.9 Å². The minimum absolute atomic E-state index is 0.135. The van der Waals surface area contributed by atoms with Gasteiger partial charge in [0.1, 0.15) is 0 Å². The molecule has 2 N–H and O–H groups in total. The van der Waals surface area contributed by atoms with Gasteiger partial charge < -0.3 is 15.2 Å². The third-order valence-electron chi connectivity index (χ3n) is 2.81. The molecule has 0 amide bonds. The molecule has 98 valence electrons. The van der Waals surface area contributed by atoms with Gasteiger partial charge in [0.25, 0.3) is 0 Å². The first-order valence-electron chi connectivity index (χ1n) is 6.62. The van der Waals surface area contributed by atoms with Crippen LogP contribution in [0.2, 0.25) is 0 Å². The molecule has 1 atom stereocenters. The number of ether oxygens (including phenoxy) is 1. The Morgan fingerprint density at radius 2 is 1.81 bits per heavy atom. The second-order valence-electron chi connectivity index (χ2n) is 4.72. The third kappa shape index (κ3) is 8.08. The number of aliphatic hydroxyl groups is 1. The van der Waals surface area contributed by atoms with E-state index in [1.54, 1.807) is 0 Å². The van der Waals surface area contributed by atoms with Crippen LogP contribution in [0, 0.1) is 0 Å². The first-order chi connectivity index (χ1) is 7.68. The molecule has 1 unspecified atom stereocenters. The molecule has 0 saturated carbocycles. The third-order valence-corrected chi connectivity index (χ3v) is 2.81. The van der Waals surface area contributed by atoms with Gasteiger partial charge in [0.15, 0.2) is 0 Å². The van der Waals surface area contributed by atoms with E-state index in [0.29, 0.717) is 0 Å². The van der Waals surface area contributed by atoms with E-state index in [4.69, 9.17) is 4.74 Å². The Hall–Kier alpha value is -0.120. The molecule has 3 nitrogen and oxygen atoms in total. The highest BCUT2D eigenvalue weighted by atomic mass is 16.5. The zero-order valence-electron chi connectivity index (χ0n) is 11.2. The van der Waals surface area contributed by atoms with Crippen molar-refractivity contribution in [3.8, 4) is 0 Å². The Morgan fingerprint density at radius 1 is 1.12 bits per heavy atom. The van der Waals surface area contributed by atoms with Gasteiger partial charge in [-0.2, -0.15) is 0 Å². The lowest BCUT2D eigenvalue weighted by Crippen LogP contribution is -2.46. The fourth-order valence-corrected chi connectivity index (χ4v) is 1.56. The summed E-state index contributed by atoms with van der Waals surface area (Å²) >= 11 is 0. The van der Waals surface area contributed by atoms with Gasteiger partial charge >= 0.3 is 0 Å². The van der Waals surface area contributed by atoms with Crippen molar-refractivity contribution in [1.29, 1.82) is 0 Å². The van der Waals surface area contributed by atoms with Crippen LogP contribution in [0.25, 0.3) is 0 Å². The smallest absolute Gasteiger partial charge is 0.0610 e. The molecule has 0 aliphatic carbocycles. The van der Waals surface area contributed by atoms with Crippen LogP contribution in [-0.4, -0.2) is 37.0 Å². The molecule has 0 aromatic carbocycles. The van der Waals surface area contributed by atoms with Gasteiger partial charge in [-0.3, -0.25) is 0 Å². The van der Waals surface area contributed by atoms with E-state index in [2.05, 4.69) is 26.1 Å². The lowest BCUT2D eigenvalue weighted by atomic mass is 9.97. The molecule has 16 heavy (non-hydrogen) atoms. The number of aliphatic hydroxyl groups excluding tert-OH is 1. The van der Waals surface area contributed by atoms with Gasteiger partial charge in [-0.05, 0) is 39.2 Å². The summed E-state index contributed by atoms with van der Waals surface area (Å²) in [6.45, 7) is 9.22. The summed E-state index contributed by atoms with van der Waals surface area (Å²) in [5, 5.41) is 12.7. The molecule has 0 spiro atoms. The highest BCUT2D eigenvalue weighted by Gasteiger charge is 2.21. The van der Waals surface area contributed by atoms with E-state index >= 15 is 0 Å². The second kappa shape index (κ2) is 10.1. The number of rotatable bonds is 11. The summed E-state index contributed by atoms with van der Waals surface area (Å²) in [4.78, 5) is 0. The lowest BCUT2D eigenvalue weighted by Gasteiger charge is -2.28. The first kappa shape index (κ1) is 15.9. The molecule has 0 aliphatic heterocycles. The van der Waals surface area contributed by atoms with Gasteiger partial charge in [-0.25, -0.2) is 0 Å². The molecular weight excluding hydrogens is 202 g/mol. The molecule has 0 fully saturated rings. The minimum Gasteiger partial charge on any atom is -0.394 e. The summed E-state index contributed by atoms with van der Waals surface area (Å²) in [6, 6.07) is 0. The van der Waals surface area contributed by atoms with Crippen LogP contribution in [-0.2, 0) is 4.74 Å². The molecule has 0 heterocycles. The van der Waals surface area contributed by atoms with Crippen molar-refractivity contribution in [2.75, 3.05) is 26.4 Å². The highest BCUT2D eigenvalue weighted by molar-refractivity contribution is 4.81. The van der Waals surface area contributed by atoms with Crippen molar-refractivity contribution >= 4 is 0 Å². The van der Waals surface area contributed by atoms with E-state index in [1.807, 2.05) is 0 Å². The Labute approximate surface area is 101 Å². The molecule has 0 aromatic heterocycles. The van der Waals surface area contributed by atoms with Crippen LogP contribution in [0.15, 0.2) is 0 Å². The van der Waals surface area contributed by atoms with E-state index in [1.165, 1.54) is 6.42 Å². The first-order valence-corrected chi connectivity index (χ1v) is 6.62. The summed E-state index contributed by atoms with van der Waals surface area (Å²) in [7, 11) is 0. The van der Waals surface area contributed by atoms with Gasteiger partial charge in [0, 0.05) is 18.8 Å². The maximum atomic E-state index is 9.35. The number of hydrogen-bond acceptors (Lipinski definition) is 3. The van der Waals surface area contributed by atoms with Crippen LogP contribution in [0.5, 0.6) is 0 Å². The molecule has 0 aliphatic rings. The molecule has 0 saturated heterocycles. The molecule has 0 bridgehead atoms. The predicted octanol–water partition coefficient (Wildman–Crippen LogP) is 2.33. The highest BCUT2D eigenvalue weighted by Crippen LogP contribution is 2.11. The predicted molar refractivity (Wildman–Crippen MR) is 68.7 cm³/mol. The van der Waals surface area contributed by atoms with Crippen molar-refractivity contribution in [1.82, 2.24) is 5.32 Å². The minimum atomic E-state index is -0.135. The van der Waals surface area contributed by atoms with E-state index in [0.717, 1.165) is 45.4 Å². The molecule has 0 radical (unpaired) electrons. The van der Waals surface area contributed by atoms with E-state index in [9.17, 15) is 5.11 Å². The summed E-state index contributed by atoms with van der Waals surface area (Å²) in [5.74, 6) is 0. The summed E-state index contributed by atoms with van der Waals surface area (Å²) < 4.78 is 5.51. The van der Waals surface area contributed by atoms with Gasteiger partial charge in [-0.15, -0.1) is 0 Å². The quantitative estimate of drug-likeness (QED) is 0.536. The van der Waals surface area contributed by atoms with Gasteiger partial charge in [-0.1, -0.05) is 20.3 Å². The van der Waals surface area contributed by atoms with Crippen molar-refractivity contribution in [3.05, 3.63) is 0 Å². The zero-order valence-corrected chi connectivity index (χ0v) is 11.2. The van der Waals surface area contributed by atoms with Gasteiger partial charge in [0.2, 0.25) is 0 Å². The Kier molecular flexibility index (Phi) is 9.99. The van der Waals surface area contributed by atoms with Crippen LogP contribution in [0.4, 0.5) is 0 Å². The lowest BCUT2D eigenvalue weighted by molar-refractivity contribution is 0.108. The fourth-order valence-electron chi connectivity index (χ4n) is 1.56. The number of hydrogen-bond donors (Lipinski definition) is 2. The Bertz CT molecular complexity index is 153. The molecule has 0 aromatic rings. The monoisotopic (exact) mass is 231 g/mol. The van der Waals surface area contributed by atoms with Crippen molar-refractivity contribution in [2.45, 2.75) is 58.4 Å². The zero-order chi connectivity index (χ0) is 12.3. The SMILES string of the molecule is CCCCOCCCC(C)(CO)NCCC. The summed E-state index contributed by atoms with van der Waals surface area (Å²) in [5.41, 5.74) is -0.135. The molecule has 0 rings (SSSR count). The van der Waals surface area contributed by atoms with Crippen LogP contribution < -0.4 is 5.32 Å². The molecular formula is C13H29NO2. The second-order valence-corrected chi connectivity index (χ2v) is 4.72. The Morgan fingerprint density at radius 3 is 2.38 bits per heavy atom. The van der Waals surface area contributed by atoms with Crippen LogP contribution in [0.3, 0.4) is 0 Å². The van der Waals surface area contributed by atoms with E-state index in [-0.39, 0.29) is 12.1 Å². The maximum absolute atomic E-state index is 9.35. The number of nitrogens with one attached hydrogen (secondary N) is 1. The topological polar surface area (TPSA) is 41.5 Å². The maximum Gasteiger partial charge on any atom is 0.0610 e. The average molecular weight is 231 g/mol. The molecule has 3 heteroatoms. The van der Waals surface area contributed by atoms with E-state index < -0.39 is 0 Å². The Balaban J connectivity index is 3.53. The van der Waals surface area contributed by atoms with Gasteiger partial charge in [0.05, 0.1) is 6.61 Å².